The molecule has 0 aliphatic carbocycles. The van der Waals surface area contributed by atoms with E-state index in [1.165, 1.54) is 17.0 Å². The number of carbonyl (C=O) groups is 2. The first-order chi connectivity index (χ1) is 15.1. The van der Waals surface area contributed by atoms with Crippen molar-refractivity contribution in [2.24, 2.45) is 4.99 Å². The van der Waals surface area contributed by atoms with Gasteiger partial charge in [0.05, 0.1) is 11.3 Å². The molecular weight excluding hydrogens is 396 g/mol. The largest absolute Gasteiger partial charge is 0.478 e. The number of anilines is 1. The van der Waals surface area contributed by atoms with Crippen molar-refractivity contribution in [3.8, 4) is 11.5 Å². The van der Waals surface area contributed by atoms with Crippen LogP contribution in [0.3, 0.4) is 0 Å². The number of hydrogen-bond donors (Lipinski definition) is 1. The number of aromatic carboxylic acids is 1. The second-order valence-electron chi connectivity index (χ2n) is 6.94. The second-order valence-corrected chi connectivity index (χ2v) is 6.94. The molecule has 1 N–H and O–H groups in total. The Kier molecular flexibility index (Phi) is 4.48. The first-order valence-corrected chi connectivity index (χ1v) is 9.53. The third kappa shape index (κ3) is 3.42. The van der Waals surface area contributed by atoms with Gasteiger partial charge >= 0.3 is 5.97 Å². The predicted molar refractivity (Wildman–Crippen MR) is 114 cm³/mol. The Morgan fingerprint density at radius 2 is 1.71 bits per heavy atom. The van der Waals surface area contributed by atoms with E-state index in [0.717, 1.165) is 11.1 Å². The number of hydrogen-bond acceptors (Lipinski definition) is 5. The third-order valence-electron chi connectivity index (χ3n) is 4.96. The number of carbonyl (C=O) groups excluding carboxylic acids is 1. The first-order valence-electron chi connectivity index (χ1n) is 9.53. The van der Waals surface area contributed by atoms with E-state index in [2.05, 4.69) is 4.99 Å². The Morgan fingerprint density at radius 1 is 0.968 bits per heavy atom. The van der Waals surface area contributed by atoms with Crippen LogP contribution in [0.5, 0.6) is 11.5 Å². The summed E-state index contributed by atoms with van der Waals surface area (Å²) in [6.07, 6.45) is 1.69. The van der Waals surface area contributed by atoms with Crippen molar-refractivity contribution >= 4 is 29.5 Å². The number of benzene rings is 3. The fourth-order valence-electron chi connectivity index (χ4n) is 3.45. The molecule has 0 unspecified atom stereocenters. The Bertz CT molecular complexity index is 1250. The summed E-state index contributed by atoms with van der Waals surface area (Å²) in [6, 6.07) is 20.9. The SMILES string of the molecule is O=C(O)c1ccc(N2C(=O)/C(=C/c3ccc4c(c3)OCO4)N=C2c2ccccc2)cc1. The molecule has 3 aromatic carbocycles. The van der Waals surface area contributed by atoms with Gasteiger partial charge in [0.1, 0.15) is 11.5 Å². The molecule has 7 nitrogen and oxygen atoms in total. The van der Waals surface area contributed by atoms with Gasteiger partial charge in [-0.1, -0.05) is 36.4 Å². The standard InChI is InChI=1S/C24H16N2O5/c27-23-19(12-15-6-11-20-21(13-15)31-14-30-20)25-22(16-4-2-1-3-5-16)26(23)18-9-7-17(8-10-18)24(28)29/h1-13H,14H2,(H,28,29)/b19-12-. The van der Waals surface area contributed by atoms with Crippen molar-refractivity contribution in [2.75, 3.05) is 11.7 Å². The molecule has 2 heterocycles. The molecule has 0 saturated heterocycles. The predicted octanol–water partition coefficient (Wildman–Crippen LogP) is 3.95. The number of ether oxygens (including phenoxy) is 2. The number of carboxylic acid groups (broad SMARTS) is 1. The van der Waals surface area contributed by atoms with Crippen LogP contribution >= 0.6 is 0 Å². The molecule has 3 aromatic rings. The summed E-state index contributed by atoms with van der Waals surface area (Å²) in [5.41, 5.74) is 2.47. The molecule has 0 saturated carbocycles. The molecule has 0 fully saturated rings. The molecule has 0 aromatic heterocycles. The molecule has 0 radical (unpaired) electrons. The Balaban J connectivity index is 1.57. The van der Waals surface area contributed by atoms with Gasteiger partial charge in [0, 0.05) is 5.56 Å². The number of aliphatic imine (C=N–C) groups is 1. The minimum absolute atomic E-state index is 0.143. The molecule has 5 rings (SSSR count). The van der Waals surface area contributed by atoms with Crippen LogP contribution < -0.4 is 14.4 Å². The van der Waals surface area contributed by atoms with Gasteiger partial charge in [-0.05, 0) is 48.0 Å². The van der Waals surface area contributed by atoms with Gasteiger partial charge in [0.15, 0.2) is 11.5 Å². The highest BCUT2D eigenvalue weighted by molar-refractivity contribution is 6.33. The van der Waals surface area contributed by atoms with E-state index in [4.69, 9.17) is 14.6 Å². The molecule has 0 bridgehead atoms. The maximum Gasteiger partial charge on any atom is 0.335 e. The Labute approximate surface area is 177 Å². The quantitative estimate of drug-likeness (QED) is 0.656. The normalized spacial score (nSPS) is 16.0. The van der Waals surface area contributed by atoms with Crippen LogP contribution in [-0.2, 0) is 4.79 Å². The summed E-state index contributed by atoms with van der Waals surface area (Å²) >= 11 is 0. The van der Waals surface area contributed by atoms with E-state index in [-0.39, 0.29) is 24.0 Å². The summed E-state index contributed by atoms with van der Waals surface area (Å²) in [5, 5.41) is 9.16. The van der Waals surface area contributed by atoms with Crippen LogP contribution in [-0.4, -0.2) is 29.6 Å². The van der Waals surface area contributed by atoms with Gasteiger partial charge in [0.2, 0.25) is 6.79 Å². The van der Waals surface area contributed by atoms with E-state index < -0.39 is 5.97 Å². The lowest BCUT2D eigenvalue weighted by Gasteiger charge is -2.18. The first kappa shape index (κ1) is 18.6. The fourth-order valence-corrected chi connectivity index (χ4v) is 3.45. The minimum Gasteiger partial charge on any atom is -0.478 e. The molecule has 7 heteroatoms. The highest BCUT2D eigenvalue weighted by atomic mass is 16.7. The molecule has 1 amide bonds. The van der Waals surface area contributed by atoms with Crippen molar-refractivity contribution < 1.29 is 24.2 Å². The molecule has 31 heavy (non-hydrogen) atoms. The third-order valence-corrected chi connectivity index (χ3v) is 4.96. The van der Waals surface area contributed by atoms with Gasteiger partial charge < -0.3 is 14.6 Å². The van der Waals surface area contributed by atoms with Crippen molar-refractivity contribution in [2.45, 2.75) is 0 Å². The zero-order valence-electron chi connectivity index (χ0n) is 16.2. The molecule has 2 aliphatic heterocycles. The van der Waals surface area contributed by atoms with E-state index in [1.54, 1.807) is 30.3 Å². The van der Waals surface area contributed by atoms with Gasteiger partial charge in [0.25, 0.3) is 5.91 Å². The number of rotatable bonds is 4. The summed E-state index contributed by atoms with van der Waals surface area (Å²) in [6.45, 7) is 0.171. The maximum absolute atomic E-state index is 13.3. The van der Waals surface area contributed by atoms with Crippen LogP contribution in [0.2, 0.25) is 0 Å². The zero-order chi connectivity index (χ0) is 21.4. The minimum atomic E-state index is -1.03. The van der Waals surface area contributed by atoms with Crippen molar-refractivity contribution in [3.05, 3.63) is 95.2 Å². The van der Waals surface area contributed by atoms with E-state index in [0.29, 0.717) is 23.0 Å². The highest BCUT2D eigenvalue weighted by Crippen LogP contribution is 2.34. The molecular formula is C24H16N2O5. The lowest BCUT2D eigenvalue weighted by atomic mass is 10.1. The monoisotopic (exact) mass is 412 g/mol. The summed E-state index contributed by atoms with van der Waals surface area (Å²) in [7, 11) is 0. The van der Waals surface area contributed by atoms with E-state index >= 15 is 0 Å². The Hall–Kier alpha value is -4.39. The fraction of sp³-hybridized carbons (Fsp3) is 0.0417. The van der Waals surface area contributed by atoms with Gasteiger partial charge in [-0.2, -0.15) is 0 Å². The summed E-state index contributed by atoms with van der Waals surface area (Å²) in [4.78, 5) is 30.6. The smallest absolute Gasteiger partial charge is 0.335 e. The average molecular weight is 412 g/mol. The maximum atomic E-state index is 13.3. The topological polar surface area (TPSA) is 88.4 Å². The lowest BCUT2D eigenvalue weighted by molar-refractivity contribution is -0.113. The van der Waals surface area contributed by atoms with Crippen LogP contribution in [0, 0.1) is 0 Å². The van der Waals surface area contributed by atoms with Gasteiger partial charge in [-0.3, -0.25) is 9.69 Å². The van der Waals surface area contributed by atoms with Crippen LogP contribution in [0.1, 0.15) is 21.5 Å². The Morgan fingerprint density at radius 3 is 2.45 bits per heavy atom. The molecule has 0 spiro atoms. The van der Waals surface area contributed by atoms with Crippen molar-refractivity contribution in [1.82, 2.24) is 0 Å². The van der Waals surface area contributed by atoms with Crippen LogP contribution in [0.4, 0.5) is 5.69 Å². The number of carboxylic acids is 1. The number of amidine groups is 1. The van der Waals surface area contributed by atoms with Gasteiger partial charge in [-0.15, -0.1) is 0 Å². The van der Waals surface area contributed by atoms with Crippen molar-refractivity contribution in [1.29, 1.82) is 0 Å². The van der Waals surface area contributed by atoms with Crippen LogP contribution in [0.25, 0.3) is 6.08 Å². The number of nitrogens with zero attached hydrogens (tertiary/aromatic N) is 2. The van der Waals surface area contributed by atoms with Crippen LogP contribution in [0.15, 0.2) is 83.5 Å². The molecule has 0 atom stereocenters. The second kappa shape index (κ2) is 7.46. The lowest BCUT2D eigenvalue weighted by Crippen LogP contribution is -2.32. The van der Waals surface area contributed by atoms with Gasteiger partial charge in [-0.25, -0.2) is 9.79 Å². The average Bonchev–Trinajstić information content (AvgIpc) is 3.39. The molecule has 152 valence electrons. The molecule has 2 aliphatic rings. The number of amides is 1. The number of fused-ring (bicyclic) bond motifs is 1. The highest BCUT2D eigenvalue weighted by Gasteiger charge is 2.32. The van der Waals surface area contributed by atoms with E-state index in [1.807, 2.05) is 36.4 Å². The zero-order valence-corrected chi connectivity index (χ0v) is 16.2. The van der Waals surface area contributed by atoms with Crippen molar-refractivity contribution in [3.63, 3.8) is 0 Å². The van der Waals surface area contributed by atoms with E-state index in [9.17, 15) is 9.59 Å². The summed E-state index contributed by atoms with van der Waals surface area (Å²) in [5.74, 6) is 0.418. The summed E-state index contributed by atoms with van der Waals surface area (Å²) < 4.78 is 10.7.